The summed E-state index contributed by atoms with van der Waals surface area (Å²) in [6.07, 6.45) is 3.35. The summed E-state index contributed by atoms with van der Waals surface area (Å²) < 4.78 is 0. The van der Waals surface area contributed by atoms with Crippen molar-refractivity contribution in [2.45, 2.75) is 51.9 Å². The Morgan fingerprint density at radius 3 is 2.43 bits per heavy atom. The van der Waals surface area contributed by atoms with Crippen molar-refractivity contribution in [2.24, 2.45) is 5.41 Å². The van der Waals surface area contributed by atoms with Crippen LogP contribution in [0.4, 0.5) is 0 Å². The molecule has 5 nitrogen and oxygen atoms in total. The fourth-order valence-corrected chi connectivity index (χ4v) is 4.51. The van der Waals surface area contributed by atoms with Gasteiger partial charge < -0.3 is 10.2 Å². The first-order chi connectivity index (χ1) is 13.0. The molecule has 0 amide bonds. The highest BCUT2D eigenvalue weighted by Crippen LogP contribution is 2.49. The number of carboxylic acid groups (broad SMARTS) is 2. The highest BCUT2D eigenvalue weighted by atomic mass is 35.5. The zero-order chi connectivity index (χ0) is 21.2. The minimum Gasteiger partial charge on any atom is -0.481 e. The summed E-state index contributed by atoms with van der Waals surface area (Å²) in [5, 5.41) is 19.0. The smallest absolute Gasteiger partial charge is 0.311 e. The lowest BCUT2D eigenvalue weighted by Gasteiger charge is -2.25. The number of carbonyl (C=O) groups excluding carboxylic acids is 1. The van der Waals surface area contributed by atoms with Crippen molar-refractivity contribution in [1.29, 1.82) is 0 Å². The largest absolute Gasteiger partial charge is 0.481 e. The molecule has 2 rings (SSSR count). The Hall–Kier alpha value is -1.56. The van der Waals surface area contributed by atoms with Crippen LogP contribution in [0.5, 0.6) is 0 Å². The van der Waals surface area contributed by atoms with Crippen LogP contribution in [-0.4, -0.2) is 27.9 Å². The minimum atomic E-state index is -1.35. The average molecular weight is 448 g/mol. The van der Waals surface area contributed by atoms with Crippen LogP contribution >= 0.6 is 34.8 Å². The molecule has 1 aliphatic rings. The Balaban J connectivity index is 2.60. The Labute approximate surface area is 178 Å². The van der Waals surface area contributed by atoms with Crippen LogP contribution in [0.25, 0.3) is 0 Å². The van der Waals surface area contributed by atoms with E-state index < -0.39 is 29.7 Å². The number of hydrogen-bond acceptors (Lipinski definition) is 3. The lowest BCUT2D eigenvalue weighted by atomic mass is 9.76. The van der Waals surface area contributed by atoms with E-state index >= 15 is 0 Å². The summed E-state index contributed by atoms with van der Waals surface area (Å²) in [6, 6.07) is 1.53. The van der Waals surface area contributed by atoms with Crippen LogP contribution in [-0.2, 0) is 16.0 Å². The van der Waals surface area contributed by atoms with E-state index in [9.17, 15) is 19.5 Å². The van der Waals surface area contributed by atoms with E-state index in [1.54, 1.807) is 13.0 Å². The summed E-state index contributed by atoms with van der Waals surface area (Å²) in [6.45, 7) is 3.71. The number of carboxylic acids is 2. The van der Waals surface area contributed by atoms with Crippen molar-refractivity contribution in [3.63, 3.8) is 0 Å². The second-order valence-corrected chi connectivity index (χ2v) is 8.50. The number of Topliss-reactive ketones (excluding diaryl/α,β-unsaturated/α-hetero) is 1. The van der Waals surface area contributed by atoms with Crippen molar-refractivity contribution in [3.8, 4) is 0 Å². The second-order valence-electron chi connectivity index (χ2n) is 7.15. The van der Waals surface area contributed by atoms with Gasteiger partial charge in [-0.25, -0.2) is 0 Å². The molecule has 0 saturated heterocycles. The van der Waals surface area contributed by atoms with Gasteiger partial charge in [0, 0.05) is 16.0 Å². The van der Waals surface area contributed by atoms with Crippen molar-refractivity contribution in [1.82, 2.24) is 0 Å². The lowest BCUT2D eigenvalue weighted by molar-refractivity contribution is -0.145. The topological polar surface area (TPSA) is 91.7 Å². The molecule has 0 saturated carbocycles. The third-order valence-electron chi connectivity index (χ3n) is 5.11. The number of benzene rings is 1. The molecule has 2 N–H and O–H groups in total. The van der Waals surface area contributed by atoms with Gasteiger partial charge in [0.25, 0.3) is 0 Å². The van der Waals surface area contributed by atoms with Crippen LogP contribution in [0.1, 0.15) is 66.9 Å². The van der Waals surface area contributed by atoms with E-state index in [-0.39, 0.29) is 21.4 Å². The molecule has 0 aromatic heterocycles. The fraction of sp³-hybridized carbons (Fsp3) is 0.450. The molecular weight excluding hydrogens is 427 g/mol. The van der Waals surface area contributed by atoms with Crippen molar-refractivity contribution in [2.75, 3.05) is 0 Å². The van der Waals surface area contributed by atoms with Gasteiger partial charge in [0.2, 0.25) is 0 Å². The van der Waals surface area contributed by atoms with Gasteiger partial charge in [-0.2, -0.15) is 0 Å². The number of allylic oxidation sites excluding steroid dienone is 2. The zero-order valence-electron chi connectivity index (χ0n) is 15.5. The van der Waals surface area contributed by atoms with Crippen molar-refractivity contribution < 1.29 is 24.6 Å². The van der Waals surface area contributed by atoms with E-state index in [4.69, 9.17) is 39.9 Å². The SMILES string of the molecule is CCCC1(C/C=C(/C)Cl)Cc2cc(C(CC(=O)O)C(=O)O)c(Cl)c(Cl)c2C1=O. The highest BCUT2D eigenvalue weighted by Gasteiger charge is 2.46. The first-order valence-corrected chi connectivity index (χ1v) is 10.00. The fourth-order valence-electron chi connectivity index (χ4n) is 3.84. The summed E-state index contributed by atoms with van der Waals surface area (Å²) in [4.78, 5) is 36.0. The molecule has 8 heteroatoms. The molecule has 1 aromatic carbocycles. The lowest BCUT2D eigenvalue weighted by Crippen LogP contribution is -2.27. The molecule has 28 heavy (non-hydrogen) atoms. The van der Waals surface area contributed by atoms with Gasteiger partial charge in [0.05, 0.1) is 22.4 Å². The predicted molar refractivity (Wildman–Crippen MR) is 109 cm³/mol. The molecule has 0 bridgehead atoms. The highest BCUT2D eigenvalue weighted by molar-refractivity contribution is 6.45. The molecule has 152 valence electrons. The van der Waals surface area contributed by atoms with Crippen molar-refractivity contribution >= 4 is 52.5 Å². The zero-order valence-corrected chi connectivity index (χ0v) is 17.8. The molecule has 2 unspecified atom stereocenters. The van der Waals surface area contributed by atoms with Gasteiger partial charge in [-0.1, -0.05) is 60.3 Å². The standard InChI is InChI=1S/C20H21Cl3O5/c1-3-5-20(6-4-10(2)21)9-11-7-12(13(19(27)28)8-14(24)25)16(22)17(23)15(11)18(20)26/h4,7,13H,3,5-6,8-9H2,1-2H3,(H,24,25)(H,27,28)/b10-4-. The molecule has 0 spiro atoms. The summed E-state index contributed by atoms with van der Waals surface area (Å²) in [5.74, 6) is -4.07. The number of hydrogen-bond donors (Lipinski definition) is 2. The maximum atomic E-state index is 13.3. The average Bonchev–Trinajstić information content (AvgIpc) is 2.87. The van der Waals surface area contributed by atoms with Crippen LogP contribution in [0.3, 0.4) is 0 Å². The minimum absolute atomic E-state index is 0.0136. The number of carbonyl (C=O) groups is 3. The second kappa shape index (κ2) is 8.85. The third-order valence-corrected chi connectivity index (χ3v) is 6.15. The van der Waals surface area contributed by atoms with Gasteiger partial charge >= 0.3 is 11.9 Å². The monoisotopic (exact) mass is 446 g/mol. The van der Waals surface area contributed by atoms with E-state index in [2.05, 4.69) is 0 Å². The quantitative estimate of drug-likeness (QED) is 0.534. The van der Waals surface area contributed by atoms with E-state index in [1.165, 1.54) is 6.07 Å². The molecule has 0 fully saturated rings. The third kappa shape index (κ3) is 4.37. The van der Waals surface area contributed by atoms with Crippen LogP contribution in [0.2, 0.25) is 10.0 Å². The molecule has 0 radical (unpaired) electrons. The first-order valence-electron chi connectivity index (χ1n) is 8.86. The van der Waals surface area contributed by atoms with E-state index in [0.29, 0.717) is 35.4 Å². The number of aliphatic carboxylic acids is 2. The number of ketones is 1. The van der Waals surface area contributed by atoms with Gasteiger partial charge in [-0.3, -0.25) is 14.4 Å². The Morgan fingerprint density at radius 2 is 1.93 bits per heavy atom. The van der Waals surface area contributed by atoms with Crippen molar-refractivity contribution in [3.05, 3.63) is 43.9 Å². The number of fused-ring (bicyclic) bond motifs is 1. The number of halogens is 3. The predicted octanol–water partition coefficient (Wildman–Crippen LogP) is 5.69. The van der Waals surface area contributed by atoms with Crippen LogP contribution in [0, 0.1) is 5.41 Å². The summed E-state index contributed by atoms with van der Waals surface area (Å²) >= 11 is 18.6. The van der Waals surface area contributed by atoms with Crippen LogP contribution < -0.4 is 0 Å². The van der Waals surface area contributed by atoms with Gasteiger partial charge in [0.15, 0.2) is 5.78 Å². The van der Waals surface area contributed by atoms with Gasteiger partial charge in [-0.05, 0) is 37.3 Å². The van der Waals surface area contributed by atoms with E-state index in [0.717, 1.165) is 6.42 Å². The first kappa shape index (κ1) is 22.7. The maximum Gasteiger partial charge on any atom is 0.311 e. The van der Waals surface area contributed by atoms with Crippen LogP contribution in [0.15, 0.2) is 17.2 Å². The van der Waals surface area contributed by atoms with Gasteiger partial charge in [-0.15, -0.1) is 0 Å². The van der Waals surface area contributed by atoms with Gasteiger partial charge in [0.1, 0.15) is 0 Å². The van der Waals surface area contributed by atoms with E-state index in [1.807, 2.05) is 6.92 Å². The maximum absolute atomic E-state index is 13.3. The Kier molecular flexibility index (Phi) is 7.18. The summed E-state index contributed by atoms with van der Waals surface area (Å²) in [5.41, 5.74) is 0.290. The Bertz CT molecular complexity index is 858. The normalized spacial score (nSPS) is 20.2. The molecular formula is C20H21Cl3O5. The molecule has 2 atom stereocenters. The molecule has 0 heterocycles. The molecule has 1 aliphatic carbocycles. The summed E-state index contributed by atoms with van der Waals surface area (Å²) in [7, 11) is 0. The number of rotatable bonds is 8. The Morgan fingerprint density at radius 1 is 1.29 bits per heavy atom. The molecule has 0 aliphatic heterocycles. The molecule has 1 aromatic rings.